The molecular formula is C11H11BrFNO3. The van der Waals surface area contributed by atoms with Gasteiger partial charge in [-0.15, -0.1) is 0 Å². The topological polar surface area (TPSA) is 72.6 Å². The zero-order chi connectivity index (χ0) is 12.6. The van der Waals surface area contributed by atoms with Gasteiger partial charge in [0.1, 0.15) is 11.2 Å². The average Bonchev–Trinajstić information content (AvgIpc) is 2.19. The largest absolute Gasteiger partial charge is 0.481 e. The predicted molar refractivity (Wildman–Crippen MR) is 61.9 cm³/mol. The monoisotopic (exact) mass is 303 g/mol. The maximum absolute atomic E-state index is 13.6. The van der Waals surface area contributed by atoms with Gasteiger partial charge in [0.2, 0.25) is 0 Å². The van der Waals surface area contributed by atoms with Gasteiger partial charge in [0.05, 0.1) is 19.3 Å². The van der Waals surface area contributed by atoms with Crippen LogP contribution in [0.1, 0.15) is 11.6 Å². The van der Waals surface area contributed by atoms with Gasteiger partial charge in [-0.05, 0) is 18.2 Å². The van der Waals surface area contributed by atoms with Crippen molar-refractivity contribution in [2.75, 3.05) is 13.2 Å². The van der Waals surface area contributed by atoms with Crippen molar-refractivity contribution in [2.24, 2.45) is 11.1 Å². The van der Waals surface area contributed by atoms with Crippen LogP contribution in [-0.2, 0) is 9.53 Å². The molecule has 3 N–H and O–H groups in total. The fourth-order valence-electron chi connectivity index (χ4n) is 1.81. The molecule has 1 fully saturated rings. The third-order valence-electron chi connectivity index (χ3n) is 3.03. The minimum Gasteiger partial charge on any atom is -0.481 e. The first-order chi connectivity index (χ1) is 7.97. The van der Waals surface area contributed by atoms with Gasteiger partial charge in [-0.2, -0.15) is 0 Å². The molecule has 0 bridgehead atoms. The van der Waals surface area contributed by atoms with Gasteiger partial charge in [0.15, 0.2) is 0 Å². The first kappa shape index (κ1) is 12.5. The Morgan fingerprint density at radius 3 is 2.71 bits per heavy atom. The zero-order valence-electron chi connectivity index (χ0n) is 8.82. The number of benzene rings is 1. The van der Waals surface area contributed by atoms with Crippen LogP contribution < -0.4 is 5.73 Å². The van der Waals surface area contributed by atoms with E-state index in [0.29, 0.717) is 4.47 Å². The molecule has 0 saturated carbocycles. The first-order valence-corrected chi connectivity index (χ1v) is 5.78. The number of halogens is 2. The number of carboxylic acids is 1. The zero-order valence-corrected chi connectivity index (χ0v) is 10.4. The van der Waals surface area contributed by atoms with Crippen molar-refractivity contribution in [1.29, 1.82) is 0 Å². The minimum absolute atomic E-state index is 0.00938. The van der Waals surface area contributed by atoms with Crippen LogP contribution in [0.3, 0.4) is 0 Å². The number of ether oxygens (including phenoxy) is 1. The fourth-order valence-corrected chi connectivity index (χ4v) is 2.19. The van der Waals surface area contributed by atoms with E-state index in [0.717, 1.165) is 0 Å². The molecule has 0 amide bonds. The number of carbonyl (C=O) groups is 1. The highest BCUT2D eigenvalue weighted by atomic mass is 79.9. The Balaban J connectivity index is 2.39. The second-order valence-corrected chi connectivity index (χ2v) is 5.01. The predicted octanol–water partition coefficient (Wildman–Crippen LogP) is 1.69. The molecule has 6 heteroatoms. The molecule has 1 aliphatic rings. The quantitative estimate of drug-likeness (QED) is 0.891. The van der Waals surface area contributed by atoms with Crippen molar-refractivity contribution in [2.45, 2.75) is 6.04 Å². The number of aliphatic carboxylic acids is 1. The number of hydrogen-bond donors (Lipinski definition) is 2. The molecule has 0 radical (unpaired) electrons. The lowest BCUT2D eigenvalue weighted by atomic mass is 9.75. The summed E-state index contributed by atoms with van der Waals surface area (Å²) in [5.41, 5.74) is 4.85. The normalized spacial score (nSPS) is 19.5. The molecule has 1 aromatic carbocycles. The highest BCUT2D eigenvalue weighted by Crippen LogP contribution is 2.40. The molecule has 92 valence electrons. The number of rotatable bonds is 3. The Hall–Kier alpha value is -0.980. The van der Waals surface area contributed by atoms with E-state index in [1.54, 1.807) is 0 Å². The van der Waals surface area contributed by atoms with Crippen molar-refractivity contribution in [1.82, 2.24) is 0 Å². The molecule has 4 nitrogen and oxygen atoms in total. The van der Waals surface area contributed by atoms with Crippen molar-refractivity contribution >= 4 is 21.9 Å². The lowest BCUT2D eigenvalue weighted by molar-refractivity contribution is -0.184. The van der Waals surface area contributed by atoms with Crippen molar-refractivity contribution in [3.63, 3.8) is 0 Å². The number of nitrogens with two attached hydrogens (primary N) is 1. The standard InChI is InChI=1S/C11H11BrFNO3/c12-6-1-2-8(13)7(3-6)9(14)11(10(15)16)4-17-5-11/h1-3,9H,4-5,14H2,(H,15,16). The van der Waals surface area contributed by atoms with Gasteiger partial charge in [-0.25, -0.2) is 4.39 Å². The Morgan fingerprint density at radius 2 is 2.24 bits per heavy atom. The summed E-state index contributed by atoms with van der Waals surface area (Å²) < 4.78 is 19.2. The second kappa shape index (κ2) is 4.36. The Bertz CT molecular complexity index is 462. The maximum atomic E-state index is 13.6. The van der Waals surface area contributed by atoms with Crippen LogP contribution in [0.15, 0.2) is 22.7 Å². The lowest BCUT2D eigenvalue weighted by Gasteiger charge is -2.41. The van der Waals surface area contributed by atoms with Gasteiger partial charge < -0.3 is 15.6 Å². The van der Waals surface area contributed by atoms with Crippen molar-refractivity contribution in [3.8, 4) is 0 Å². The Kier molecular flexibility index (Phi) is 3.20. The van der Waals surface area contributed by atoms with E-state index in [4.69, 9.17) is 10.5 Å². The molecule has 2 rings (SSSR count). The lowest BCUT2D eigenvalue weighted by Crippen LogP contribution is -2.55. The maximum Gasteiger partial charge on any atom is 0.316 e. The van der Waals surface area contributed by atoms with E-state index in [1.807, 2.05) is 0 Å². The molecule has 1 saturated heterocycles. The first-order valence-electron chi connectivity index (χ1n) is 4.99. The third-order valence-corrected chi connectivity index (χ3v) is 3.53. The summed E-state index contributed by atoms with van der Waals surface area (Å²) >= 11 is 3.21. The van der Waals surface area contributed by atoms with Crippen LogP contribution in [0.5, 0.6) is 0 Å². The summed E-state index contributed by atoms with van der Waals surface area (Å²) in [4.78, 5) is 11.2. The summed E-state index contributed by atoms with van der Waals surface area (Å²) in [5.74, 6) is -1.57. The van der Waals surface area contributed by atoms with E-state index < -0.39 is 23.2 Å². The fraction of sp³-hybridized carbons (Fsp3) is 0.364. The van der Waals surface area contributed by atoms with Crippen LogP contribution >= 0.6 is 15.9 Å². The highest BCUT2D eigenvalue weighted by molar-refractivity contribution is 9.10. The van der Waals surface area contributed by atoms with E-state index >= 15 is 0 Å². The van der Waals surface area contributed by atoms with E-state index in [-0.39, 0.29) is 18.8 Å². The van der Waals surface area contributed by atoms with Crippen molar-refractivity contribution in [3.05, 3.63) is 34.1 Å². The molecule has 0 aliphatic carbocycles. The third kappa shape index (κ3) is 1.96. The van der Waals surface area contributed by atoms with Crippen LogP contribution in [0.4, 0.5) is 4.39 Å². The van der Waals surface area contributed by atoms with E-state index in [9.17, 15) is 14.3 Å². The van der Waals surface area contributed by atoms with Crippen LogP contribution in [0.2, 0.25) is 0 Å². The van der Waals surface area contributed by atoms with Crippen LogP contribution in [-0.4, -0.2) is 24.3 Å². The molecular weight excluding hydrogens is 293 g/mol. The SMILES string of the molecule is NC(c1cc(Br)ccc1F)C1(C(=O)O)COC1. The van der Waals surface area contributed by atoms with Gasteiger partial charge in [0.25, 0.3) is 0 Å². The molecule has 1 unspecified atom stereocenters. The summed E-state index contributed by atoms with van der Waals surface area (Å²) in [5, 5.41) is 9.18. The van der Waals surface area contributed by atoms with Gasteiger partial charge >= 0.3 is 5.97 Å². The summed E-state index contributed by atoms with van der Waals surface area (Å²) in [6.45, 7) is 0.0188. The second-order valence-electron chi connectivity index (χ2n) is 4.10. The van der Waals surface area contributed by atoms with Crippen molar-refractivity contribution < 1.29 is 19.0 Å². The summed E-state index contributed by atoms with van der Waals surface area (Å²) in [7, 11) is 0. The van der Waals surface area contributed by atoms with E-state index in [1.165, 1.54) is 18.2 Å². The molecule has 0 spiro atoms. The van der Waals surface area contributed by atoms with Crippen LogP contribution in [0.25, 0.3) is 0 Å². The highest BCUT2D eigenvalue weighted by Gasteiger charge is 2.52. The molecule has 17 heavy (non-hydrogen) atoms. The molecule has 1 aliphatic heterocycles. The Morgan fingerprint density at radius 1 is 1.59 bits per heavy atom. The minimum atomic E-state index is -1.22. The van der Waals surface area contributed by atoms with Crippen LogP contribution in [0, 0.1) is 11.2 Å². The molecule has 1 atom stereocenters. The Labute approximate surface area is 106 Å². The summed E-state index contributed by atoms with van der Waals surface area (Å²) in [6.07, 6.45) is 0. The van der Waals surface area contributed by atoms with Gasteiger partial charge in [-0.3, -0.25) is 4.79 Å². The number of carboxylic acid groups (broad SMARTS) is 1. The van der Waals surface area contributed by atoms with E-state index in [2.05, 4.69) is 15.9 Å². The summed E-state index contributed by atoms with van der Waals surface area (Å²) in [6, 6.07) is 3.37. The smallest absolute Gasteiger partial charge is 0.316 e. The van der Waals surface area contributed by atoms with Gasteiger partial charge in [-0.1, -0.05) is 15.9 Å². The average molecular weight is 304 g/mol. The van der Waals surface area contributed by atoms with Gasteiger partial charge in [0, 0.05) is 10.0 Å². The molecule has 0 aromatic heterocycles. The number of hydrogen-bond acceptors (Lipinski definition) is 3. The molecule has 1 aromatic rings. The molecule has 1 heterocycles.